The van der Waals surface area contributed by atoms with Crippen LogP contribution in [0, 0.1) is 5.92 Å². The SMILES string of the molecule is C=CC(=O)OCC(O)COCCCC(C)C. The quantitative estimate of drug-likeness (QED) is 0.371. The fourth-order valence-electron chi connectivity index (χ4n) is 1.10. The summed E-state index contributed by atoms with van der Waals surface area (Å²) in [6.07, 6.45) is 2.40. The third kappa shape index (κ3) is 9.68. The molecule has 0 amide bonds. The zero-order chi connectivity index (χ0) is 12.4. The van der Waals surface area contributed by atoms with E-state index in [9.17, 15) is 9.90 Å². The van der Waals surface area contributed by atoms with Crippen molar-refractivity contribution < 1.29 is 19.4 Å². The molecule has 0 aliphatic rings. The first kappa shape index (κ1) is 15.1. The molecular formula is C12H22O4. The van der Waals surface area contributed by atoms with Gasteiger partial charge in [-0.25, -0.2) is 4.79 Å². The molecule has 4 nitrogen and oxygen atoms in total. The number of carbonyl (C=O) groups excluding carboxylic acids is 1. The number of aliphatic hydroxyl groups excluding tert-OH is 1. The number of aliphatic hydroxyl groups is 1. The van der Waals surface area contributed by atoms with Gasteiger partial charge in [-0.2, -0.15) is 0 Å². The zero-order valence-corrected chi connectivity index (χ0v) is 10.1. The van der Waals surface area contributed by atoms with Crippen LogP contribution in [0.2, 0.25) is 0 Å². The van der Waals surface area contributed by atoms with Crippen LogP contribution in [0.3, 0.4) is 0 Å². The van der Waals surface area contributed by atoms with Gasteiger partial charge in [-0.15, -0.1) is 0 Å². The van der Waals surface area contributed by atoms with E-state index in [0.717, 1.165) is 18.9 Å². The van der Waals surface area contributed by atoms with Gasteiger partial charge in [-0.05, 0) is 18.8 Å². The van der Waals surface area contributed by atoms with Gasteiger partial charge in [0.25, 0.3) is 0 Å². The maximum atomic E-state index is 10.7. The molecule has 0 aliphatic carbocycles. The van der Waals surface area contributed by atoms with E-state index in [-0.39, 0.29) is 13.2 Å². The van der Waals surface area contributed by atoms with E-state index in [1.807, 2.05) is 0 Å². The molecule has 0 rings (SSSR count). The highest BCUT2D eigenvalue weighted by atomic mass is 16.5. The van der Waals surface area contributed by atoms with E-state index >= 15 is 0 Å². The summed E-state index contributed by atoms with van der Waals surface area (Å²) in [7, 11) is 0. The normalized spacial score (nSPS) is 12.5. The first-order chi connectivity index (χ1) is 7.56. The van der Waals surface area contributed by atoms with Gasteiger partial charge in [0.2, 0.25) is 0 Å². The lowest BCUT2D eigenvalue weighted by atomic mass is 10.1. The van der Waals surface area contributed by atoms with Gasteiger partial charge >= 0.3 is 5.97 Å². The minimum absolute atomic E-state index is 0.0466. The van der Waals surface area contributed by atoms with E-state index < -0.39 is 12.1 Å². The van der Waals surface area contributed by atoms with Crippen molar-refractivity contribution in [1.29, 1.82) is 0 Å². The second kappa shape index (κ2) is 9.36. The van der Waals surface area contributed by atoms with Crippen LogP contribution in [0.15, 0.2) is 12.7 Å². The zero-order valence-electron chi connectivity index (χ0n) is 10.1. The van der Waals surface area contributed by atoms with Crippen molar-refractivity contribution in [2.75, 3.05) is 19.8 Å². The Labute approximate surface area is 97.2 Å². The van der Waals surface area contributed by atoms with Crippen molar-refractivity contribution >= 4 is 5.97 Å². The average Bonchev–Trinajstić information content (AvgIpc) is 2.24. The van der Waals surface area contributed by atoms with Crippen molar-refractivity contribution in [3.63, 3.8) is 0 Å². The summed E-state index contributed by atoms with van der Waals surface area (Å²) in [5.41, 5.74) is 0. The summed E-state index contributed by atoms with van der Waals surface area (Å²) in [6, 6.07) is 0. The van der Waals surface area contributed by atoms with Gasteiger partial charge in [0, 0.05) is 12.7 Å². The molecule has 0 saturated heterocycles. The van der Waals surface area contributed by atoms with Crippen LogP contribution in [0.1, 0.15) is 26.7 Å². The fraction of sp³-hybridized carbons (Fsp3) is 0.750. The maximum Gasteiger partial charge on any atom is 0.330 e. The highest BCUT2D eigenvalue weighted by molar-refractivity contribution is 5.81. The summed E-state index contributed by atoms with van der Waals surface area (Å²) >= 11 is 0. The predicted octanol–water partition coefficient (Wildman–Crippen LogP) is 1.53. The Morgan fingerprint density at radius 2 is 2.12 bits per heavy atom. The monoisotopic (exact) mass is 230 g/mol. The molecule has 0 spiro atoms. The largest absolute Gasteiger partial charge is 0.460 e. The molecule has 94 valence electrons. The molecule has 1 N–H and O–H groups in total. The Balaban J connectivity index is 3.33. The summed E-state index contributed by atoms with van der Waals surface area (Å²) in [6.45, 7) is 8.35. The van der Waals surface area contributed by atoms with Crippen LogP contribution in [0.5, 0.6) is 0 Å². The highest BCUT2D eigenvalue weighted by Gasteiger charge is 2.06. The molecule has 0 radical (unpaired) electrons. The molecule has 4 heteroatoms. The Bertz CT molecular complexity index is 201. The number of rotatable bonds is 9. The van der Waals surface area contributed by atoms with Crippen LogP contribution in [0.4, 0.5) is 0 Å². The van der Waals surface area contributed by atoms with Gasteiger partial charge in [0.1, 0.15) is 12.7 Å². The number of carbonyl (C=O) groups is 1. The second-order valence-electron chi connectivity index (χ2n) is 4.10. The van der Waals surface area contributed by atoms with E-state index in [0.29, 0.717) is 12.5 Å². The second-order valence-corrected chi connectivity index (χ2v) is 4.10. The number of hydrogen-bond acceptors (Lipinski definition) is 4. The minimum atomic E-state index is -0.761. The molecule has 0 heterocycles. The Morgan fingerprint density at radius 3 is 2.69 bits per heavy atom. The molecule has 0 saturated carbocycles. The molecule has 1 unspecified atom stereocenters. The summed E-state index contributed by atoms with van der Waals surface area (Å²) in [4.78, 5) is 10.7. The molecule has 0 aromatic rings. The lowest BCUT2D eigenvalue weighted by Gasteiger charge is -2.11. The third-order valence-electron chi connectivity index (χ3n) is 1.97. The Kier molecular flexibility index (Phi) is 8.85. The van der Waals surface area contributed by atoms with Crippen molar-refractivity contribution in [3.8, 4) is 0 Å². The van der Waals surface area contributed by atoms with Crippen LogP contribution in [-0.4, -0.2) is 37.0 Å². The highest BCUT2D eigenvalue weighted by Crippen LogP contribution is 2.03. The van der Waals surface area contributed by atoms with Gasteiger partial charge in [-0.3, -0.25) is 0 Å². The lowest BCUT2D eigenvalue weighted by molar-refractivity contribution is -0.141. The van der Waals surface area contributed by atoms with Crippen molar-refractivity contribution in [1.82, 2.24) is 0 Å². The standard InChI is InChI=1S/C12H22O4/c1-4-12(14)16-9-11(13)8-15-7-5-6-10(2)3/h4,10-11,13H,1,5-9H2,2-3H3. The third-order valence-corrected chi connectivity index (χ3v) is 1.97. The molecule has 0 fully saturated rings. The predicted molar refractivity (Wildman–Crippen MR) is 62.1 cm³/mol. The van der Waals surface area contributed by atoms with Crippen LogP contribution >= 0.6 is 0 Å². The summed E-state index contributed by atoms with van der Waals surface area (Å²) < 4.78 is 9.91. The van der Waals surface area contributed by atoms with Crippen LogP contribution < -0.4 is 0 Å². The first-order valence-electron chi connectivity index (χ1n) is 5.61. The topological polar surface area (TPSA) is 55.8 Å². The summed E-state index contributed by atoms with van der Waals surface area (Å²) in [5, 5.41) is 9.37. The molecule has 1 atom stereocenters. The summed E-state index contributed by atoms with van der Waals surface area (Å²) in [5.74, 6) is 0.140. The van der Waals surface area contributed by atoms with Crippen LogP contribution in [-0.2, 0) is 14.3 Å². The Hall–Kier alpha value is -0.870. The molecule has 0 aromatic carbocycles. The maximum absolute atomic E-state index is 10.7. The van der Waals surface area contributed by atoms with Gasteiger partial charge in [0.15, 0.2) is 0 Å². The van der Waals surface area contributed by atoms with Gasteiger partial charge in [-0.1, -0.05) is 20.4 Å². The van der Waals surface area contributed by atoms with E-state index in [1.54, 1.807) is 0 Å². The molecule has 16 heavy (non-hydrogen) atoms. The lowest BCUT2D eigenvalue weighted by Crippen LogP contribution is -2.23. The van der Waals surface area contributed by atoms with Crippen molar-refractivity contribution in [3.05, 3.63) is 12.7 Å². The van der Waals surface area contributed by atoms with Crippen molar-refractivity contribution in [2.24, 2.45) is 5.92 Å². The van der Waals surface area contributed by atoms with Crippen molar-refractivity contribution in [2.45, 2.75) is 32.8 Å². The molecule has 0 bridgehead atoms. The van der Waals surface area contributed by atoms with E-state index in [2.05, 4.69) is 25.2 Å². The average molecular weight is 230 g/mol. The molecule has 0 aromatic heterocycles. The smallest absolute Gasteiger partial charge is 0.330 e. The molecule has 0 aliphatic heterocycles. The van der Waals surface area contributed by atoms with Gasteiger partial charge in [0.05, 0.1) is 6.61 Å². The Morgan fingerprint density at radius 1 is 1.44 bits per heavy atom. The van der Waals surface area contributed by atoms with Crippen LogP contribution in [0.25, 0.3) is 0 Å². The van der Waals surface area contributed by atoms with Gasteiger partial charge < -0.3 is 14.6 Å². The minimum Gasteiger partial charge on any atom is -0.460 e. The number of ether oxygens (including phenoxy) is 2. The van der Waals surface area contributed by atoms with E-state index in [1.165, 1.54) is 0 Å². The number of esters is 1. The number of hydrogen-bond donors (Lipinski definition) is 1. The van der Waals surface area contributed by atoms with E-state index in [4.69, 9.17) is 4.74 Å². The fourth-order valence-corrected chi connectivity index (χ4v) is 1.10. The molecular weight excluding hydrogens is 208 g/mol. The first-order valence-corrected chi connectivity index (χ1v) is 5.61.